The first-order valence-corrected chi connectivity index (χ1v) is 7.22. The van der Waals surface area contributed by atoms with Crippen LogP contribution >= 0.6 is 0 Å². The Morgan fingerprint density at radius 3 is 2.86 bits per heavy atom. The summed E-state index contributed by atoms with van der Waals surface area (Å²) in [5, 5.41) is 7.70. The van der Waals surface area contributed by atoms with E-state index in [4.69, 9.17) is 4.74 Å². The second-order valence-electron chi connectivity index (χ2n) is 5.25. The molecule has 0 saturated carbocycles. The van der Waals surface area contributed by atoms with E-state index < -0.39 is 0 Å². The van der Waals surface area contributed by atoms with Crippen molar-refractivity contribution in [1.29, 1.82) is 0 Å². The molecule has 1 fully saturated rings. The highest BCUT2D eigenvalue weighted by atomic mass is 16.5. The van der Waals surface area contributed by atoms with Gasteiger partial charge in [0.15, 0.2) is 0 Å². The molecule has 110 valence electrons. The van der Waals surface area contributed by atoms with Gasteiger partial charge in [0.1, 0.15) is 0 Å². The minimum Gasteiger partial charge on any atom is -0.465 e. The third-order valence-corrected chi connectivity index (χ3v) is 3.97. The summed E-state index contributed by atoms with van der Waals surface area (Å²) in [5.74, 6) is 0.175. The molecule has 3 rings (SSSR count). The second-order valence-corrected chi connectivity index (χ2v) is 5.25. The zero-order chi connectivity index (χ0) is 14.7. The number of esters is 1. The minimum absolute atomic E-state index is 0.361. The van der Waals surface area contributed by atoms with Crippen LogP contribution in [0.15, 0.2) is 36.7 Å². The van der Waals surface area contributed by atoms with Crippen molar-refractivity contribution in [3.63, 3.8) is 0 Å². The highest BCUT2D eigenvalue weighted by Gasteiger charge is 2.19. The number of aromatic nitrogens is 2. The van der Waals surface area contributed by atoms with Gasteiger partial charge in [-0.1, -0.05) is 18.2 Å². The van der Waals surface area contributed by atoms with Gasteiger partial charge in [-0.05, 0) is 43.5 Å². The van der Waals surface area contributed by atoms with E-state index in [-0.39, 0.29) is 5.97 Å². The van der Waals surface area contributed by atoms with Crippen molar-refractivity contribution in [3.05, 3.63) is 47.8 Å². The number of nitrogens with one attached hydrogen (secondary N) is 1. The van der Waals surface area contributed by atoms with Gasteiger partial charge in [-0.3, -0.25) is 0 Å². The number of para-hydroxylation sites is 1. The molecule has 1 N–H and O–H groups in total. The number of hydrogen-bond donors (Lipinski definition) is 1. The fourth-order valence-corrected chi connectivity index (χ4v) is 2.85. The van der Waals surface area contributed by atoms with Gasteiger partial charge in [0.2, 0.25) is 0 Å². The van der Waals surface area contributed by atoms with E-state index in [2.05, 4.69) is 22.5 Å². The third kappa shape index (κ3) is 2.83. The molecule has 1 aromatic carbocycles. The quantitative estimate of drug-likeness (QED) is 0.878. The Hall–Kier alpha value is -2.14. The summed E-state index contributed by atoms with van der Waals surface area (Å²) >= 11 is 0. The second kappa shape index (κ2) is 6.10. The number of carbonyl (C=O) groups is 1. The van der Waals surface area contributed by atoms with Crippen LogP contribution in [0.25, 0.3) is 5.69 Å². The van der Waals surface area contributed by atoms with E-state index in [1.165, 1.54) is 12.7 Å². The maximum atomic E-state index is 11.6. The summed E-state index contributed by atoms with van der Waals surface area (Å²) in [4.78, 5) is 11.6. The molecule has 1 aliphatic rings. The smallest absolute Gasteiger partial charge is 0.341 e. The van der Waals surface area contributed by atoms with Crippen molar-refractivity contribution < 1.29 is 9.53 Å². The molecule has 2 heterocycles. The van der Waals surface area contributed by atoms with E-state index in [9.17, 15) is 4.79 Å². The topological polar surface area (TPSA) is 56.1 Å². The van der Waals surface area contributed by atoms with Gasteiger partial charge in [-0.2, -0.15) is 5.10 Å². The van der Waals surface area contributed by atoms with Crippen molar-refractivity contribution in [2.24, 2.45) is 0 Å². The molecule has 5 heteroatoms. The average molecular weight is 285 g/mol. The van der Waals surface area contributed by atoms with Gasteiger partial charge >= 0.3 is 5.97 Å². The lowest BCUT2D eigenvalue weighted by Crippen LogP contribution is -2.27. The van der Waals surface area contributed by atoms with Crippen LogP contribution in [-0.4, -0.2) is 35.9 Å². The number of hydrogen-bond acceptors (Lipinski definition) is 4. The number of carbonyl (C=O) groups excluding carboxylic acids is 1. The summed E-state index contributed by atoms with van der Waals surface area (Å²) in [7, 11) is 1.38. The SMILES string of the molecule is COC(=O)c1cnn(-c2ccccc2C2CCNCC2)c1. The number of nitrogens with zero attached hydrogens (tertiary/aromatic N) is 2. The van der Waals surface area contributed by atoms with Crippen LogP contribution in [0, 0.1) is 0 Å². The molecule has 0 atom stereocenters. The maximum Gasteiger partial charge on any atom is 0.341 e. The van der Waals surface area contributed by atoms with E-state index in [1.54, 1.807) is 17.1 Å². The number of methoxy groups -OCH3 is 1. The monoisotopic (exact) mass is 285 g/mol. The lowest BCUT2D eigenvalue weighted by Gasteiger charge is -2.25. The molecule has 0 amide bonds. The van der Waals surface area contributed by atoms with Crippen molar-refractivity contribution in [2.75, 3.05) is 20.2 Å². The van der Waals surface area contributed by atoms with Crippen molar-refractivity contribution in [3.8, 4) is 5.69 Å². The Labute approximate surface area is 123 Å². The van der Waals surface area contributed by atoms with Crippen LogP contribution in [0.2, 0.25) is 0 Å². The zero-order valence-electron chi connectivity index (χ0n) is 12.1. The lowest BCUT2D eigenvalue weighted by atomic mass is 9.89. The van der Waals surface area contributed by atoms with Crippen molar-refractivity contribution >= 4 is 5.97 Å². The summed E-state index contributed by atoms with van der Waals surface area (Å²) in [6, 6.07) is 8.27. The van der Waals surface area contributed by atoms with Crippen LogP contribution in [0.4, 0.5) is 0 Å². The van der Waals surface area contributed by atoms with Gasteiger partial charge in [0.25, 0.3) is 0 Å². The highest BCUT2D eigenvalue weighted by molar-refractivity contribution is 5.88. The Morgan fingerprint density at radius 1 is 1.33 bits per heavy atom. The molecule has 0 unspecified atom stereocenters. The number of ether oxygens (including phenoxy) is 1. The van der Waals surface area contributed by atoms with Crippen molar-refractivity contribution in [2.45, 2.75) is 18.8 Å². The van der Waals surface area contributed by atoms with E-state index in [0.29, 0.717) is 11.5 Å². The standard InChI is InChI=1S/C16H19N3O2/c1-21-16(20)13-10-18-19(11-13)15-5-3-2-4-14(15)12-6-8-17-9-7-12/h2-5,10-12,17H,6-9H2,1H3. The molecule has 0 radical (unpaired) electrons. The van der Waals surface area contributed by atoms with Gasteiger partial charge in [0, 0.05) is 6.20 Å². The Bertz CT molecular complexity index is 630. The molecule has 2 aromatic rings. The summed E-state index contributed by atoms with van der Waals surface area (Å²) in [6.07, 6.45) is 5.53. The molecular weight excluding hydrogens is 266 g/mol. The predicted octanol–water partition coefficient (Wildman–Crippen LogP) is 2.13. The van der Waals surface area contributed by atoms with Gasteiger partial charge in [-0.25, -0.2) is 9.48 Å². The van der Waals surface area contributed by atoms with Gasteiger partial charge in [0.05, 0.1) is 24.6 Å². The third-order valence-electron chi connectivity index (χ3n) is 3.97. The average Bonchev–Trinajstić information content (AvgIpc) is 3.05. The largest absolute Gasteiger partial charge is 0.465 e. The lowest BCUT2D eigenvalue weighted by molar-refractivity contribution is 0.0600. The summed E-state index contributed by atoms with van der Waals surface area (Å²) < 4.78 is 6.50. The Kier molecular flexibility index (Phi) is 4.01. The molecular formula is C16H19N3O2. The molecule has 0 aliphatic carbocycles. The molecule has 0 bridgehead atoms. The number of rotatable bonds is 3. The first-order valence-electron chi connectivity index (χ1n) is 7.22. The van der Waals surface area contributed by atoms with Gasteiger partial charge < -0.3 is 10.1 Å². The van der Waals surface area contributed by atoms with Crippen LogP contribution in [-0.2, 0) is 4.74 Å². The van der Waals surface area contributed by atoms with E-state index in [0.717, 1.165) is 31.6 Å². The fraction of sp³-hybridized carbons (Fsp3) is 0.375. The molecule has 1 aliphatic heterocycles. The van der Waals surface area contributed by atoms with Gasteiger partial charge in [-0.15, -0.1) is 0 Å². The molecule has 5 nitrogen and oxygen atoms in total. The first kappa shape index (κ1) is 13.8. The van der Waals surface area contributed by atoms with E-state index in [1.807, 2.05) is 12.1 Å². The molecule has 1 aromatic heterocycles. The molecule has 21 heavy (non-hydrogen) atoms. The zero-order valence-corrected chi connectivity index (χ0v) is 12.1. The summed E-state index contributed by atoms with van der Waals surface area (Å²) in [5.41, 5.74) is 2.80. The predicted molar refractivity (Wildman–Crippen MR) is 79.7 cm³/mol. The molecule has 1 saturated heterocycles. The van der Waals surface area contributed by atoms with Crippen LogP contribution in [0.1, 0.15) is 34.7 Å². The normalized spacial score (nSPS) is 15.9. The minimum atomic E-state index is -0.361. The van der Waals surface area contributed by atoms with Crippen LogP contribution < -0.4 is 5.32 Å². The van der Waals surface area contributed by atoms with Crippen LogP contribution in [0.3, 0.4) is 0 Å². The maximum absolute atomic E-state index is 11.6. The highest BCUT2D eigenvalue weighted by Crippen LogP contribution is 2.29. The Morgan fingerprint density at radius 2 is 2.10 bits per heavy atom. The van der Waals surface area contributed by atoms with E-state index >= 15 is 0 Å². The first-order chi connectivity index (χ1) is 10.3. The number of benzene rings is 1. The fourth-order valence-electron chi connectivity index (χ4n) is 2.85. The molecule has 0 spiro atoms. The van der Waals surface area contributed by atoms with Crippen molar-refractivity contribution in [1.82, 2.24) is 15.1 Å². The number of piperidine rings is 1. The Balaban J connectivity index is 1.94. The summed E-state index contributed by atoms with van der Waals surface area (Å²) in [6.45, 7) is 2.09. The van der Waals surface area contributed by atoms with Crippen LogP contribution in [0.5, 0.6) is 0 Å².